The summed E-state index contributed by atoms with van der Waals surface area (Å²) in [6.07, 6.45) is 1.21. The van der Waals surface area contributed by atoms with Gasteiger partial charge in [-0.25, -0.2) is 22.5 Å². The highest BCUT2D eigenvalue weighted by Gasteiger charge is 2.46. The van der Waals surface area contributed by atoms with E-state index in [0.29, 0.717) is 35.4 Å². The zero-order chi connectivity index (χ0) is 26.4. The molecule has 2 aromatic carbocycles. The smallest absolute Gasteiger partial charge is 0.282 e. The summed E-state index contributed by atoms with van der Waals surface area (Å²) in [7, 11) is 1.89. The number of aromatic nitrogens is 2. The highest BCUT2D eigenvalue weighted by Crippen LogP contribution is 2.31. The molecule has 0 saturated carbocycles. The van der Waals surface area contributed by atoms with Crippen LogP contribution in [0.5, 0.6) is 0 Å². The molecule has 0 radical (unpaired) electrons. The Bertz CT molecular complexity index is 1290. The molecule has 1 fully saturated rings. The van der Waals surface area contributed by atoms with Crippen LogP contribution in [-0.4, -0.2) is 39.4 Å². The Morgan fingerprint density at radius 2 is 1.67 bits per heavy atom. The van der Waals surface area contributed by atoms with Crippen molar-refractivity contribution in [2.75, 3.05) is 13.1 Å². The zero-order valence-corrected chi connectivity index (χ0v) is 21.2. The van der Waals surface area contributed by atoms with E-state index in [2.05, 4.69) is 0 Å². The van der Waals surface area contributed by atoms with Gasteiger partial charge in [0.1, 0.15) is 17.5 Å². The van der Waals surface area contributed by atoms with Crippen LogP contribution in [0.15, 0.2) is 36.4 Å². The van der Waals surface area contributed by atoms with Gasteiger partial charge in [-0.2, -0.15) is 0 Å². The highest BCUT2D eigenvalue weighted by atomic mass is 19.3. The third-order valence-electron chi connectivity index (χ3n) is 7.08. The molecule has 4 rings (SSSR count). The van der Waals surface area contributed by atoms with Gasteiger partial charge < -0.3 is 9.47 Å². The number of amides is 1. The van der Waals surface area contributed by atoms with Crippen LogP contribution >= 0.6 is 0 Å². The first-order valence-corrected chi connectivity index (χ1v) is 12.2. The summed E-state index contributed by atoms with van der Waals surface area (Å²) in [4.78, 5) is 18.1. The van der Waals surface area contributed by atoms with E-state index in [1.54, 1.807) is 12.1 Å². The van der Waals surface area contributed by atoms with Gasteiger partial charge in [0.25, 0.3) is 11.8 Å². The van der Waals surface area contributed by atoms with E-state index in [-0.39, 0.29) is 23.2 Å². The second-order valence-electron chi connectivity index (χ2n) is 10.1. The fraction of sp³-hybridized carbons (Fsp3) is 0.429. The molecule has 3 aromatic rings. The Balaban J connectivity index is 1.45. The van der Waals surface area contributed by atoms with Crippen LogP contribution in [0.2, 0.25) is 0 Å². The number of nitrogens with zero attached hydrogens (tertiary/aromatic N) is 3. The van der Waals surface area contributed by atoms with Crippen LogP contribution in [0.4, 0.5) is 17.6 Å². The van der Waals surface area contributed by atoms with Crippen LogP contribution < -0.4 is 0 Å². The first kappa shape index (κ1) is 25.9. The van der Waals surface area contributed by atoms with Crippen molar-refractivity contribution >= 4 is 5.91 Å². The molecular weight excluding hydrogens is 470 g/mol. The van der Waals surface area contributed by atoms with E-state index in [1.165, 1.54) is 12.1 Å². The molecule has 2 heterocycles. The molecule has 1 aromatic heterocycles. The van der Waals surface area contributed by atoms with E-state index < -0.39 is 30.7 Å². The van der Waals surface area contributed by atoms with Crippen molar-refractivity contribution in [2.45, 2.75) is 58.3 Å². The Morgan fingerprint density at radius 1 is 1.03 bits per heavy atom. The molecule has 0 aliphatic carbocycles. The van der Waals surface area contributed by atoms with Crippen molar-refractivity contribution in [2.24, 2.45) is 7.05 Å². The summed E-state index contributed by atoms with van der Waals surface area (Å²) in [5, 5.41) is 0. The van der Waals surface area contributed by atoms with E-state index in [9.17, 15) is 22.4 Å². The lowest BCUT2D eigenvalue weighted by Gasteiger charge is -2.38. The summed E-state index contributed by atoms with van der Waals surface area (Å²) in [5.41, 5.74) is 3.71. The topological polar surface area (TPSA) is 38.1 Å². The van der Waals surface area contributed by atoms with Gasteiger partial charge in [-0.1, -0.05) is 39.0 Å². The summed E-state index contributed by atoms with van der Waals surface area (Å²) >= 11 is 0. The molecule has 1 atom stereocenters. The van der Waals surface area contributed by atoms with Crippen molar-refractivity contribution in [3.63, 3.8) is 0 Å². The Morgan fingerprint density at radius 3 is 2.25 bits per heavy atom. The van der Waals surface area contributed by atoms with E-state index in [1.807, 2.05) is 45.4 Å². The van der Waals surface area contributed by atoms with Crippen LogP contribution in [0, 0.1) is 18.6 Å². The fourth-order valence-corrected chi connectivity index (χ4v) is 4.67. The van der Waals surface area contributed by atoms with Gasteiger partial charge in [0.15, 0.2) is 0 Å². The van der Waals surface area contributed by atoms with Gasteiger partial charge >= 0.3 is 0 Å². The molecular formula is C28H31F4N3O. The maximum Gasteiger partial charge on any atom is 0.282 e. The minimum Gasteiger partial charge on any atom is -0.331 e. The largest absolute Gasteiger partial charge is 0.331 e. The summed E-state index contributed by atoms with van der Waals surface area (Å²) in [6, 6.07) is 9.37. The molecule has 1 aliphatic rings. The van der Waals surface area contributed by atoms with Gasteiger partial charge in [0.05, 0.1) is 18.8 Å². The molecule has 1 unspecified atom stereocenters. The van der Waals surface area contributed by atoms with Crippen molar-refractivity contribution in [3.8, 4) is 11.4 Å². The molecule has 0 bridgehead atoms. The predicted molar refractivity (Wildman–Crippen MR) is 131 cm³/mol. The third-order valence-corrected chi connectivity index (χ3v) is 7.08. The second-order valence-corrected chi connectivity index (χ2v) is 10.1. The maximum absolute atomic E-state index is 14.8. The normalized spacial score (nSPS) is 15.8. The number of likely N-dealkylation sites (tertiary alicyclic amines) is 1. The Labute approximate surface area is 209 Å². The first-order valence-electron chi connectivity index (χ1n) is 12.2. The minimum absolute atomic E-state index is 0.0693. The number of carbonyl (C=O) groups is 1. The SMILES string of the molecule is Cc1c(CCC(C)c2ccc(C(=O)N3CC(F)(F)C3)cc2F)nc(-c2ccc(C(C)C)c(F)c2)n1C. The molecule has 8 heteroatoms. The lowest BCUT2D eigenvalue weighted by molar-refractivity contribution is -0.113. The molecule has 1 saturated heterocycles. The number of imidazole rings is 1. The van der Waals surface area contributed by atoms with E-state index in [4.69, 9.17) is 4.98 Å². The highest BCUT2D eigenvalue weighted by molar-refractivity contribution is 5.95. The molecule has 36 heavy (non-hydrogen) atoms. The van der Waals surface area contributed by atoms with Crippen molar-refractivity contribution in [1.29, 1.82) is 0 Å². The van der Waals surface area contributed by atoms with Crippen LogP contribution in [-0.2, 0) is 13.5 Å². The first-order chi connectivity index (χ1) is 16.9. The quantitative estimate of drug-likeness (QED) is 0.341. The van der Waals surface area contributed by atoms with Gasteiger partial charge in [0, 0.05) is 23.9 Å². The number of hydrogen-bond donors (Lipinski definition) is 0. The average Bonchev–Trinajstić information content (AvgIpc) is 3.08. The number of aryl methyl sites for hydroxylation is 1. The monoisotopic (exact) mass is 501 g/mol. The number of benzene rings is 2. The number of halogens is 4. The molecule has 0 spiro atoms. The van der Waals surface area contributed by atoms with Gasteiger partial charge in [-0.15, -0.1) is 0 Å². The zero-order valence-electron chi connectivity index (χ0n) is 21.2. The van der Waals surface area contributed by atoms with Crippen molar-refractivity contribution < 1.29 is 22.4 Å². The minimum atomic E-state index is -2.86. The van der Waals surface area contributed by atoms with Crippen LogP contribution in [0.25, 0.3) is 11.4 Å². The average molecular weight is 502 g/mol. The van der Waals surface area contributed by atoms with Gasteiger partial charge in [-0.05, 0) is 60.9 Å². The molecule has 192 valence electrons. The fourth-order valence-electron chi connectivity index (χ4n) is 4.67. The van der Waals surface area contributed by atoms with Crippen LogP contribution in [0.3, 0.4) is 0 Å². The Kier molecular flexibility index (Phi) is 6.99. The van der Waals surface area contributed by atoms with E-state index in [0.717, 1.165) is 22.4 Å². The number of rotatable bonds is 7. The van der Waals surface area contributed by atoms with Crippen LogP contribution in [0.1, 0.15) is 71.9 Å². The van der Waals surface area contributed by atoms with Crippen molar-refractivity contribution in [3.05, 3.63) is 76.1 Å². The third kappa shape index (κ3) is 5.04. The summed E-state index contributed by atoms with van der Waals surface area (Å²) < 4.78 is 57.5. The second kappa shape index (κ2) is 9.71. The van der Waals surface area contributed by atoms with E-state index >= 15 is 0 Å². The molecule has 0 N–H and O–H groups in total. The predicted octanol–water partition coefficient (Wildman–Crippen LogP) is 6.62. The summed E-state index contributed by atoms with van der Waals surface area (Å²) in [6.45, 7) is 6.48. The molecule has 1 aliphatic heterocycles. The maximum atomic E-state index is 14.8. The lowest BCUT2D eigenvalue weighted by atomic mass is 9.93. The lowest BCUT2D eigenvalue weighted by Crippen LogP contribution is -2.58. The molecule has 4 nitrogen and oxygen atoms in total. The van der Waals surface area contributed by atoms with Gasteiger partial charge in [0.2, 0.25) is 0 Å². The number of carbonyl (C=O) groups excluding carboxylic acids is 1. The standard InChI is InChI=1S/C28H31F4N3O/c1-16(2)21-9-7-19(12-23(21)29)26-33-25(18(4)34(26)5)11-6-17(3)22-10-8-20(13-24(22)30)27(36)35-14-28(31,32)15-35/h7-10,12-13,16-17H,6,11,14-15H2,1-5H3. The Hall–Kier alpha value is -3.16. The van der Waals surface area contributed by atoms with Gasteiger partial charge in [-0.3, -0.25) is 4.79 Å². The van der Waals surface area contributed by atoms with Crippen molar-refractivity contribution in [1.82, 2.24) is 14.5 Å². The summed E-state index contributed by atoms with van der Waals surface area (Å²) in [5.74, 6) is -3.62. The number of hydrogen-bond acceptors (Lipinski definition) is 2. The number of alkyl halides is 2. The molecule has 1 amide bonds.